The molecule has 8 heteroatoms. The molecular weight excluding hydrogens is 255 g/mol. The van der Waals surface area contributed by atoms with Crippen molar-refractivity contribution in [1.29, 1.82) is 0 Å². The number of nitrogen functional groups attached to an aromatic ring is 1. The van der Waals surface area contributed by atoms with E-state index in [0.29, 0.717) is 5.56 Å². The number of para-hydroxylation sites is 1. The molecule has 0 aliphatic carbocycles. The summed E-state index contributed by atoms with van der Waals surface area (Å²) in [7, 11) is 0. The van der Waals surface area contributed by atoms with Gasteiger partial charge in [0.1, 0.15) is 0 Å². The normalized spacial score (nSPS) is 10.2. The molecule has 0 aliphatic rings. The fourth-order valence-corrected chi connectivity index (χ4v) is 1.49. The SMILES string of the molecule is Cc1cccc(Oc2nc(N)ncc2F)c1[N+](=O)[O-]. The Hall–Kier alpha value is -2.77. The Morgan fingerprint density at radius 1 is 1.47 bits per heavy atom. The van der Waals surface area contributed by atoms with E-state index < -0.39 is 16.6 Å². The molecule has 1 aromatic carbocycles. The first-order valence-corrected chi connectivity index (χ1v) is 5.19. The van der Waals surface area contributed by atoms with Crippen LogP contribution in [-0.4, -0.2) is 14.9 Å². The Kier molecular flexibility index (Phi) is 3.23. The molecule has 0 spiro atoms. The second-order valence-corrected chi connectivity index (χ2v) is 3.66. The van der Waals surface area contributed by atoms with Crippen LogP contribution in [0, 0.1) is 22.9 Å². The zero-order chi connectivity index (χ0) is 14.0. The molecule has 0 amide bonds. The van der Waals surface area contributed by atoms with Gasteiger partial charge in [0.05, 0.1) is 11.1 Å². The lowest BCUT2D eigenvalue weighted by Gasteiger charge is -2.07. The summed E-state index contributed by atoms with van der Waals surface area (Å²) in [5.74, 6) is -1.61. The number of nitro benzene ring substituents is 1. The maximum Gasteiger partial charge on any atom is 0.314 e. The number of hydrogen-bond acceptors (Lipinski definition) is 6. The van der Waals surface area contributed by atoms with Crippen LogP contribution in [0.2, 0.25) is 0 Å². The molecular formula is C11H9FN4O3. The van der Waals surface area contributed by atoms with E-state index in [2.05, 4.69) is 9.97 Å². The van der Waals surface area contributed by atoms with Crippen LogP contribution in [0.5, 0.6) is 11.6 Å². The Balaban J connectivity index is 2.46. The molecule has 2 aromatic rings. The summed E-state index contributed by atoms with van der Waals surface area (Å²) in [6.45, 7) is 1.55. The van der Waals surface area contributed by atoms with Gasteiger partial charge in [-0.25, -0.2) is 4.98 Å². The zero-order valence-electron chi connectivity index (χ0n) is 9.83. The highest BCUT2D eigenvalue weighted by molar-refractivity contribution is 5.53. The molecule has 0 unspecified atom stereocenters. The first-order chi connectivity index (χ1) is 8.99. The lowest BCUT2D eigenvalue weighted by molar-refractivity contribution is -0.386. The first-order valence-electron chi connectivity index (χ1n) is 5.19. The number of aromatic nitrogens is 2. The summed E-state index contributed by atoms with van der Waals surface area (Å²) < 4.78 is 18.5. The fourth-order valence-electron chi connectivity index (χ4n) is 1.49. The van der Waals surface area contributed by atoms with Crippen LogP contribution >= 0.6 is 0 Å². The Morgan fingerprint density at radius 3 is 2.89 bits per heavy atom. The van der Waals surface area contributed by atoms with Gasteiger partial charge in [0.25, 0.3) is 5.88 Å². The van der Waals surface area contributed by atoms with Crippen molar-refractivity contribution in [2.24, 2.45) is 0 Å². The molecule has 0 saturated carbocycles. The van der Waals surface area contributed by atoms with E-state index in [9.17, 15) is 14.5 Å². The van der Waals surface area contributed by atoms with Gasteiger partial charge in [-0.15, -0.1) is 0 Å². The maximum atomic E-state index is 13.4. The van der Waals surface area contributed by atoms with Gasteiger partial charge in [0, 0.05) is 5.56 Å². The molecule has 7 nitrogen and oxygen atoms in total. The predicted octanol–water partition coefficient (Wildman–Crippen LogP) is 2.21. The predicted molar refractivity (Wildman–Crippen MR) is 64.3 cm³/mol. The van der Waals surface area contributed by atoms with Gasteiger partial charge in [-0.3, -0.25) is 10.1 Å². The molecule has 0 aliphatic heterocycles. The van der Waals surface area contributed by atoms with E-state index in [-0.39, 0.29) is 17.4 Å². The summed E-state index contributed by atoms with van der Waals surface area (Å²) in [5.41, 5.74) is 5.45. The molecule has 98 valence electrons. The lowest BCUT2D eigenvalue weighted by atomic mass is 10.2. The summed E-state index contributed by atoms with van der Waals surface area (Å²) in [6.07, 6.45) is 0.833. The van der Waals surface area contributed by atoms with Crippen molar-refractivity contribution in [3.8, 4) is 11.6 Å². The minimum absolute atomic E-state index is 0.109. The van der Waals surface area contributed by atoms with Crippen LogP contribution in [-0.2, 0) is 0 Å². The molecule has 1 heterocycles. The van der Waals surface area contributed by atoms with Gasteiger partial charge in [0.2, 0.25) is 17.5 Å². The smallest absolute Gasteiger partial charge is 0.314 e. The number of ether oxygens (including phenoxy) is 1. The molecule has 1 aromatic heterocycles. The standard InChI is InChI=1S/C11H9FN4O3/c1-6-3-2-4-8(9(6)16(17)18)19-10-7(12)5-14-11(13)15-10/h2-5H,1H3,(H2,13,14,15). The second kappa shape index (κ2) is 4.84. The minimum atomic E-state index is -0.856. The summed E-state index contributed by atoms with van der Waals surface area (Å²) in [4.78, 5) is 17.3. The van der Waals surface area contributed by atoms with Crippen molar-refractivity contribution < 1.29 is 14.1 Å². The highest BCUT2D eigenvalue weighted by Crippen LogP contribution is 2.33. The number of nitro groups is 1. The van der Waals surface area contributed by atoms with Crippen molar-refractivity contribution in [2.45, 2.75) is 6.92 Å². The molecule has 0 bridgehead atoms. The van der Waals surface area contributed by atoms with Crippen LogP contribution in [0.15, 0.2) is 24.4 Å². The van der Waals surface area contributed by atoms with Crippen molar-refractivity contribution in [2.75, 3.05) is 5.73 Å². The number of benzene rings is 1. The van der Waals surface area contributed by atoms with Crippen LogP contribution in [0.4, 0.5) is 16.0 Å². The van der Waals surface area contributed by atoms with E-state index in [0.717, 1.165) is 6.20 Å². The molecule has 0 saturated heterocycles. The lowest BCUT2D eigenvalue weighted by Crippen LogP contribution is -2.01. The Bertz CT molecular complexity index is 648. The number of rotatable bonds is 3. The minimum Gasteiger partial charge on any atom is -0.429 e. The fraction of sp³-hybridized carbons (Fsp3) is 0.0909. The van der Waals surface area contributed by atoms with Crippen LogP contribution < -0.4 is 10.5 Å². The van der Waals surface area contributed by atoms with E-state index >= 15 is 0 Å². The number of hydrogen-bond donors (Lipinski definition) is 1. The monoisotopic (exact) mass is 264 g/mol. The second-order valence-electron chi connectivity index (χ2n) is 3.66. The molecule has 2 N–H and O–H groups in total. The average Bonchev–Trinajstić information content (AvgIpc) is 2.33. The van der Waals surface area contributed by atoms with E-state index in [1.807, 2.05) is 0 Å². The summed E-state index contributed by atoms with van der Waals surface area (Å²) in [5, 5.41) is 11.0. The van der Waals surface area contributed by atoms with E-state index in [4.69, 9.17) is 10.5 Å². The third kappa shape index (κ3) is 2.57. The maximum absolute atomic E-state index is 13.4. The third-order valence-electron chi connectivity index (χ3n) is 2.32. The highest BCUT2D eigenvalue weighted by atomic mass is 19.1. The van der Waals surface area contributed by atoms with Crippen molar-refractivity contribution in [3.63, 3.8) is 0 Å². The van der Waals surface area contributed by atoms with Crippen molar-refractivity contribution in [3.05, 3.63) is 45.9 Å². The van der Waals surface area contributed by atoms with Gasteiger partial charge in [-0.2, -0.15) is 9.37 Å². The van der Waals surface area contributed by atoms with Gasteiger partial charge < -0.3 is 10.5 Å². The quantitative estimate of drug-likeness (QED) is 0.673. The zero-order valence-corrected chi connectivity index (χ0v) is 9.83. The average molecular weight is 264 g/mol. The van der Waals surface area contributed by atoms with Crippen LogP contribution in [0.1, 0.15) is 5.56 Å². The molecule has 0 fully saturated rings. The highest BCUT2D eigenvalue weighted by Gasteiger charge is 2.20. The van der Waals surface area contributed by atoms with E-state index in [1.54, 1.807) is 19.1 Å². The molecule has 0 atom stereocenters. The number of anilines is 1. The molecule has 19 heavy (non-hydrogen) atoms. The van der Waals surface area contributed by atoms with Crippen LogP contribution in [0.3, 0.4) is 0 Å². The Labute approximate surface area is 107 Å². The Morgan fingerprint density at radius 2 is 2.21 bits per heavy atom. The van der Waals surface area contributed by atoms with E-state index in [1.165, 1.54) is 6.07 Å². The molecule has 2 rings (SSSR count). The number of nitrogens with two attached hydrogens (primary N) is 1. The molecule has 0 radical (unpaired) electrons. The van der Waals surface area contributed by atoms with Crippen molar-refractivity contribution >= 4 is 11.6 Å². The van der Waals surface area contributed by atoms with Crippen molar-refractivity contribution in [1.82, 2.24) is 9.97 Å². The number of nitrogens with zero attached hydrogens (tertiary/aromatic N) is 3. The summed E-state index contributed by atoms with van der Waals surface area (Å²) in [6, 6.07) is 4.46. The largest absolute Gasteiger partial charge is 0.429 e. The van der Waals surface area contributed by atoms with Gasteiger partial charge >= 0.3 is 5.69 Å². The number of aryl methyl sites for hydroxylation is 1. The topological polar surface area (TPSA) is 104 Å². The summed E-state index contributed by atoms with van der Waals surface area (Å²) >= 11 is 0. The first kappa shape index (κ1) is 12.7. The van der Waals surface area contributed by atoms with Gasteiger partial charge in [0.15, 0.2) is 0 Å². The van der Waals surface area contributed by atoms with Crippen LogP contribution in [0.25, 0.3) is 0 Å². The number of halogens is 1. The third-order valence-corrected chi connectivity index (χ3v) is 2.32. The van der Waals surface area contributed by atoms with Gasteiger partial charge in [-0.05, 0) is 13.0 Å². The van der Waals surface area contributed by atoms with Gasteiger partial charge in [-0.1, -0.05) is 12.1 Å².